The highest BCUT2D eigenvalue weighted by Crippen LogP contribution is 2.23. The number of unbranched alkanes of at least 4 members (excludes halogenated alkanes) is 33. The van der Waals surface area contributed by atoms with E-state index < -0.39 is 43.4 Å². The maximum atomic E-state index is 12.8. The van der Waals surface area contributed by atoms with Gasteiger partial charge < -0.3 is 39.4 Å². The summed E-state index contributed by atoms with van der Waals surface area (Å²) in [6, 6.07) is 0. The zero-order valence-electron chi connectivity index (χ0n) is 38.1. The van der Waals surface area contributed by atoms with Crippen LogP contribution in [0.5, 0.6) is 0 Å². The average molecular weight is 829 g/mol. The van der Waals surface area contributed by atoms with Crippen LogP contribution in [-0.2, 0) is 23.7 Å². The van der Waals surface area contributed by atoms with Crippen LogP contribution in [0.4, 0.5) is 0 Å². The van der Waals surface area contributed by atoms with Gasteiger partial charge in [-0.15, -0.1) is 0 Å². The Balaban J connectivity index is 2.13. The highest BCUT2D eigenvalue weighted by molar-refractivity contribution is 5.69. The van der Waals surface area contributed by atoms with Crippen molar-refractivity contribution in [2.24, 2.45) is 0 Å². The minimum Gasteiger partial charge on any atom is -0.457 e. The second kappa shape index (κ2) is 41.5. The number of carbonyl (C=O) groups is 1. The van der Waals surface area contributed by atoms with Crippen molar-refractivity contribution in [2.75, 3.05) is 26.4 Å². The molecular weight excluding hydrogens is 733 g/mol. The molecule has 1 rings (SSSR count). The lowest BCUT2D eigenvalue weighted by molar-refractivity contribution is -0.305. The Morgan fingerprint density at radius 1 is 0.483 bits per heavy atom. The predicted molar refractivity (Wildman–Crippen MR) is 238 cm³/mol. The van der Waals surface area contributed by atoms with E-state index in [4.69, 9.17) is 18.9 Å². The molecule has 1 heterocycles. The third-order valence-corrected chi connectivity index (χ3v) is 12.0. The smallest absolute Gasteiger partial charge is 0.306 e. The minimum atomic E-state index is -1.53. The van der Waals surface area contributed by atoms with E-state index in [1.165, 1.54) is 193 Å². The SMILES string of the molecule is CCCCCCCCCCCCCCCCCCCCCCCCCCC(=O)OC(COCCCCCCCCCCCCC)COC1OC(CO)C(O)C(O)C1O. The van der Waals surface area contributed by atoms with Crippen molar-refractivity contribution in [3.8, 4) is 0 Å². The van der Waals surface area contributed by atoms with E-state index in [1.807, 2.05) is 0 Å². The van der Waals surface area contributed by atoms with Gasteiger partial charge in [-0.05, 0) is 12.8 Å². The summed E-state index contributed by atoms with van der Waals surface area (Å²) in [5, 5.41) is 40.1. The van der Waals surface area contributed by atoms with Gasteiger partial charge in [-0.2, -0.15) is 0 Å². The number of rotatable bonds is 44. The number of hydrogen-bond acceptors (Lipinski definition) is 9. The summed E-state index contributed by atoms with van der Waals surface area (Å²) in [5.74, 6) is -0.306. The van der Waals surface area contributed by atoms with Crippen molar-refractivity contribution in [1.82, 2.24) is 0 Å². The summed E-state index contributed by atoms with van der Waals surface area (Å²) < 4.78 is 22.8. The summed E-state index contributed by atoms with van der Waals surface area (Å²) in [4.78, 5) is 12.8. The van der Waals surface area contributed by atoms with Gasteiger partial charge in [0.15, 0.2) is 6.29 Å². The zero-order chi connectivity index (χ0) is 42.2. The Kier molecular flexibility index (Phi) is 39.5. The number of hydrogen-bond donors (Lipinski definition) is 4. The van der Waals surface area contributed by atoms with Gasteiger partial charge in [-0.25, -0.2) is 0 Å². The zero-order valence-corrected chi connectivity index (χ0v) is 38.1. The first-order valence-corrected chi connectivity index (χ1v) is 25.1. The van der Waals surface area contributed by atoms with Crippen molar-refractivity contribution < 1.29 is 44.2 Å². The predicted octanol–water partition coefficient (Wildman–Crippen LogP) is 11.8. The number of ether oxygens (including phenoxy) is 4. The molecule has 1 saturated heterocycles. The van der Waals surface area contributed by atoms with E-state index in [-0.39, 0.29) is 19.2 Å². The van der Waals surface area contributed by atoms with Crippen LogP contribution in [0.15, 0.2) is 0 Å². The summed E-state index contributed by atoms with van der Waals surface area (Å²) in [5.41, 5.74) is 0. The Morgan fingerprint density at radius 3 is 1.22 bits per heavy atom. The molecule has 0 spiro atoms. The lowest BCUT2D eigenvalue weighted by Crippen LogP contribution is -2.59. The highest BCUT2D eigenvalue weighted by atomic mass is 16.7. The normalized spacial score (nSPS) is 20.1. The number of esters is 1. The maximum Gasteiger partial charge on any atom is 0.306 e. The molecule has 0 aliphatic carbocycles. The third-order valence-electron chi connectivity index (χ3n) is 12.0. The molecule has 1 aliphatic heterocycles. The first kappa shape index (κ1) is 55.2. The summed E-state index contributed by atoms with van der Waals surface area (Å²) >= 11 is 0. The van der Waals surface area contributed by atoms with Crippen LogP contribution in [-0.4, -0.2) is 89.6 Å². The lowest BCUT2D eigenvalue weighted by atomic mass is 9.99. The Bertz CT molecular complexity index is 858. The topological polar surface area (TPSA) is 135 Å². The molecule has 4 N–H and O–H groups in total. The lowest BCUT2D eigenvalue weighted by Gasteiger charge is -2.39. The van der Waals surface area contributed by atoms with Crippen molar-refractivity contribution in [2.45, 2.75) is 282 Å². The molecule has 0 amide bonds. The molecule has 1 aliphatic rings. The monoisotopic (exact) mass is 829 g/mol. The first-order chi connectivity index (χ1) is 28.4. The van der Waals surface area contributed by atoms with E-state index in [0.717, 1.165) is 32.1 Å². The molecule has 9 nitrogen and oxygen atoms in total. The van der Waals surface area contributed by atoms with Crippen LogP contribution in [0, 0.1) is 0 Å². The van der Waals surface area contributed by atoms with E-state index in [1.54, 1.807) is 0 Å². The van der Waals surface area contributed by atoms with Gasteiger partial charge in [0.05, 0.1) is 19.8 Å². The van der Waals surface area contributed by atoms with E-state index in [2.05, 4.69) is 13.8 Å². The molecule has 0 aromatic heterocycles. The highest BCUT2D eigenvalue weighted by Gasteiger charge is 2.44. The van der Waals surface area contributed by atoms with Crippen LogP contribution in [0.1, 0.15) is 245 Å². The largest absolute Gasteiger partial charge is 0.457 e. The summed E-state index contributed by atoms with van der Waals surface area (Å²) in [6.45, 7) is 4.61. The fraction of sp³-hybridized carbons (Fsp3) is 0.980. The minimum absolute atomic E-state index is 0.105. The van der Waals surface area contributed by atoms with Crippen LogP contribution in [0.25, 0.3) is 0 Å². The molecule has 0 aromatic rings. The van der Waals surface area contributed by atoms with Crippen molar-refractivity contribution in [3.05, 3.63) is 0 Å². The van der Waals surface area contributed by atoms with Crippen LogP contribution in [0.3, 0.4) is 0 Å². The molecule has 0 saturated carbocycles. The molecule has 58 heavy (non-hydrogen) atoms. The molecule has 346 valence electrons. The maximum absolute atomic E-state index is 12.8. The quantitative estimate of drug-likeness (QED) is 0.0350. The van der Waals surface area contributed by atoms with Gasteiger partial charge in [-0.1, -0.05) is 226 Å². The van der Waals surface area contributed by atoms with Gasteiger partial charge in [0, 0.05) is 13.0 Å². The number of aliphatic hydroxyl groups excluding tert-OH is 4. The fourth-order valence-corrected chi connectivity index (χ4v) is 8.08. The second-order valence-electron chi connectivity index (χ2n) is 17.6. The molecule has 9 heteroatoms. The molecule has 6 atom stereocenters. The fourth-order valence-electron chi connectivity index (χ4n) is 8.08. The Morgan fingerprint density at radius 2 is 0.845 bits per heavy atom. The van der Waals surface area contributed by atoms with Gasteiger partial charge in [0.2, 0.25) is 0 Å². The van der Waals surface area contributed by atoms with Crippen LogP contribution >= 0.6 is 0 Å². The molecule has 1 fully saturated rings. The van der Waals surface area contributed by atoms with Crippen LogP contribution < -0.4 is 0 Å². The van der Waals surface area contributed by atoms with Gasteiger partial charge in [0.25, 0.3) is 0 Å². The Hall–Kier alpha value is -0.810. The summed E-state index contributed by atoms with van der Waals surface area (Å²) in [6.07, 6.45) is 38.6. The third kappa shape index (κ3) is 32.0. The summed E-state index contributed by atoms with van der Waals surface area (Å²) in [7, 11) is 0. The van der Waals surface area contributed by atoms with Gasteiger partial charge in [0.1, 0.15) is 30.5 Å². The van der Waals surface area contributed by atoms with Crippen molar-refractivity contribution in [3.63, 3.8) is 0 Å². The van der Waals surface area contributed by atoms with Crippen molar-refractivity contribution >= 4 is 5.97 Å². The number of carbonyl (C=O) groups excluding carboxylic acids is 1. The van der Waals surface area contributed by atoms with Crippen LogP contribution in [0.2, 0.25) is 0 Å². The van der Waals surface area contributed by atoms with Gasteiger partial charge >= 0.3 is 5.97 Å². The molecule has 0 aromatic carbocycles. The van der Waals surface area contributed by atoms with Crippen molar-refractivity contribution in [1.29, 1.82) is 0 Å². The Labute approximate surface area is 357 Å². The van der Waals surface area contributed by atoms with Gasteiger partial charge in [-0.3, -0.25) is 4.79 Å². The average Bonchev–Trinajstić information content (AvgIpc) is 3.22. The first-order valence-electron chi connectivity index (χ1n) is 25.1. The number of aliphatic hydroxyl groups is 4. The standard InChI is InChI=1S/C49H96O9/c1-3-5-7-9-11-13-15-16-17-18-19-20-21-22-23-24-25-26-27-28-30-32-34-36-38-45(51)57-43(42-56-49-48(54)47(53)46(52)44(40-50)58-49)41-55-39-37-35-33-31-29-14-12-10-8-6-4-2/h43-44,46-50,52-54H,3-42H2,1-2H3. The second-order valence-corrected chi connectivity index (χ2v) is 17.6. The molecule has 0 radical (unpaired) electrons. The molecule has 0 bridgehead atoms. The van der Waals surface area contributed by atoms with E-state index in [0.29, 0.717) is 13.0 Å². The molecular formula is C49H96O9. The van der Waals surface area contributed by atoms with E-state index in [9.17, 15) is 25.2 Å². The molecule has 6 unspecified atom stereocenters. The van der Waals surface area contributed by atoms with E-state index >= 15 is 0 Å².